The number of halogens is 3. The predicted octanol–water partition coefficient (Wildman–Crippen LogP) is 6.70. The Labute approximate surface area is 254 Å². The standard InChI is InChI=1S/C34H44ClF2N3O2/c1-20-14-24-27(16-29(20)35)34(17-28(24)33(6,7)38-21(2)41)10-12-39(13-11-34)31(42)26-19-40(32(3,4)5)18-25(26)23-9-8-22(36)15-30(23)37/h8-9,14-16,25-26,28H,10-13,17-19H2,1-7H3,(H,38,41)/t25-,26+,28-/m1/s1. The first-order valence-corrected chi connectivity index (χ1v) is 15.5. The number of carbonyl (C=O) groups excluding carboxylic acids is 2. The van der Waals surface area contributed by atoms with Crippen LogP contribution < -0.4 is 5.32 Å². The molecule has 0 aromatic heterocycles. The lowest BCUT2D eigenvalue weighted by molar-refractivity contribution is -0.137. The van der Waals surface area contributed by atoms with Crippen LogP contribution in [0, 0.1) is 24.5 Å². The van der Waals surface area contributed by atoms with E-state index in [-0.39, 0.29) is 34.6 Å². The van der Waals surface area contributed by atoms with E-state index in [2.05, 4.69) is 57.0 Å². The summed E-state index contributed by atoms with van der Waals surface area (Å²) < 4.78 is 28.8. The van der Waals surface area contributed by atoms with Gasteiger partial charge in [0.1, 0.15) is 11.6 Å². The summed E-state index contributed by atoms with van der Waals surface area (Å²) in [6.45, 7) is 16.3. The average Bonchev–Trinajstić information content (AvgIpc) is 3.45. The van der Waals surface area contributed by atoms with Gasteiger partial charge < -0.3 is 10.2 Å². The molecular weight excluding hydrogens is 556 g/mol. The van der Waals surface area contributed by atoms with E-state index in [0.29, 0.717) is 31.7 Å². The minimum Gasteiger partial charge on any atom is -0.351 e. The molecule has 0 bridgehead atoms. The maximum Gasteiger partial charge on any atom is 0.227 e. The first-order valence-electron chi connectivity index (χ1n) is 15.1. The zero-order valence-corrected chi connectivity index (χ0v) is 26.7. The predicted molar refractivity (Wildman–Crippen MR) is 163 cm³/mol. The van der Waals surface area contributed by atoms with Gasteiger partial charge in [-0.1, -0.05) is 23.7 Å². The van der Waals surface area contributed by atoms with E-state index in [1.54, 1.807) is 6.92 Å². The molecule has 2 aliphatic heterocycles. The normalized spacial score (nSPS) is 24.2. The molecule has 2 aromatic rings. The Balaban J connectivity index is 1.40. The van der Waals surface area contributed by atoms with E-state index in [1.807, 2.05) is 11.8 Å². The number of nitrogens with one attached hydrogen (secondary N) is 1. The second-order valence-electron chi connectivity index (χ2n) is 14.4. The molecule has 5 rings (SSSR count). The molecule has 3 atom stereocenters. The highest BCUT2D eigenvalue weighted by molar-refractivity contribution is 6.31. The molecule has 1 aliphatic carbocycles. The minimum absolute atomic E-state index is 0.0422. The lowest BCUT2D eigenvalue weighted by Crippen LogP contribution is -2.49. The minimum atomic E-state index is -0.613. The zero-order valence-electron chi connectivity index (χ0n) is 25.9. The Morgan fingerprint density at radius 2 is 1.67 bits per heavy atom. The molecule has 0 unspecified atom stereocenters. The molecule has 42 heavy (non-hydrogen) atoms. The Morgan fingerprint density at radius 3 is 2.26 bits per heavy atom. The van der Waals surface area contributed by atoms with Crippen LogP contribution in [0.25, 0.3) is 0 Å². The third kappa shape index (κ3) is 5.59. The zero-order chi connectivity index (χ0) is 30.8. The number of rotatable bonds is 4. The Kier molecular flexibility index (Phi) is 8.02. The summed E-state index contributed by atoms with van der Waals surface area (Å²) in [5.41, 5.74) is 3.14. The van der Waals surface area contributed by atoms with Gasteiger partial charge in [-0.15, -0.1) is 0 Å². The molecule has 2 amide bonds. The Morgan fingerprint density at radius 1 is 1.00 bits per heavy atom. The van der Waals surface area contributed by atoms with Gasteiger partial charge in [0.2, 0.25) is 11.8 Å². The van der Waals surface area contributed by atoms with Crippen molar-refractivity contribution in [2.24, 2.45) is 5.92 Å². The summed E-state index contributed by atoms with van der Waals surface area (Å²) in [5.74, 6) is -1.84. The summed E-state index contributed by atoms with van der Waals surface area (Å²) in [6, 6.07) is 8.00. The number of likely N-dealkylation sites (tertiary alicyclic amines) is 2. The van der Waals surface area contributed by atoms with E-state index in [0.717, 1.165) is 35.9 Å². The SMILES string of the molecule is CC(=O)NC(C)(C)[C@@H]1CC2(CCN(C(=O)[C@H]3CN(C(C)(C)C)C[C@@H]3c3ccc(F)cc3F)CC2)c2cc(Cl)c(C)cc21. The highest BCUT2D eigenvalue weighted by atomic mass is 35.5. The molecule has 5 nitrogen and oxygen atoms in total. The quantitative estimate of drug-likeness (QED) is 0.425. The van der Waals surface area contributed by atoms with Crippen molar-refractivity contribution < 1.29 is 18.4 Å². The number of amides is 2. The molecule has 2 heterocycles. The Bertz CT molecular complexity index is 1390. The molecule has 1 spiro atoms. The second-order valence-corrected chi connectivity index (χ2v) is 14.8. The van der Waals surface area contributed by atoms with Crippen LogP contribution in [-0.2, 0) is 15.0 Å². The monoisotopic (exact) mass is 599 g/mol. The summed E-state index contributed by atoms with van der Waals surface area (Å²) in [7, 11) is 0. The van der Waals surface area contributed by atoms with Crippen LogP contribution in [0.3, 0.4) is 0 Å². The van der Waals surface area contributed by atoms with Gasteiger partial charge in [0, 0.05) is 67.1 Å². The lowest BCUT2D eigenvalue weighted by Gasteiger charge is -2.42. The maximum atomic E-state index is 15.0. The number of piperidine rings is 1. The van der Waals surface area contributed by atoms with E-state index < -0.39 is 23.1 Å². The van der Waals surface area contributed by atoms with Crippen LogP contribution in [0.4, 0.5) is 8.78 Å². The first-order chi connectivity index (χ1) is 19.5. The van der Waals surface area contributed by atoms with Crippen LogP contribution in [-0.4, -0.2) is 58.9 Å². The van der Waals surface area contributed by atoms with Gasteiger partial charge in [0.05, 0.1) is 5.92 Å². The summed E-state index contributed by atoms with van der Waals surface area (Å²) in [4.78, 5) is 30.4. The van der Waals surface area contributed by atoms with Crippen LogP contribution >= 0.6 is 11.6 Å². The fourth-order valence-electron chi connectivity index (χ4n) is 7.83. The van der Waals surface area contributed by atoms with Gasteiger partial charge in [-0.3, -0.25) is 14.5 Å². The number of nitrogens with zero attached hydrogens (tertiary/aromatic N) is 2. The largest absolute Gasteiger partial charge is 0.351 e. The van der Waals surface area contributed by atoms with E-state index in [4.69, 9.17) is 11.6 Å². The molecule has 8 heteroatoms. The topological polar surface area (TPSA) is 52.7 Å². The third-order valence-electron chi connectivity index (χ3n) is 10.2. The van der Waals surface area contributed by atoms with Crippen molar-refractivity contribution in [1.29, 1.82) is 0 Å². The molecule has 0 saturated carbocycles. The highest BCUT2D eigenvalue weighted by Crippen LogP contribution is 2.56. The van der Waals surface area contributed by atoms with E-state index in [9.17, 15) is 18.4 Å². The molecule has 0 radical (unpaired) electrons. The van der Waals surface area contributed by atoms with Crippen LogP contribution in [0.15, 0.2) is 30.3 Å². The smallest absolute Gasteiger partial charge is 0.227 e. The van der Waals surface area contributed by atoms with Crippen molar-refractivity contribution in [2.45, 2.75) is 96.1 Å². The van der Waals surface area contributed by atoms with Gasteiger partial charge >= 0.3 is 0 Å². The maximum absolute atomic E-state index is 15.0. The molecule has 228 valence electrons. The highest BCUT2D eigenvalue weighted by Gasteiger charge is 2.52. The van der Waals surface area contributed by atoms with Crippen molar-refractivity contribution in [2.75, 3.05) is 26.2 Å². The van der Waals surface area contributed by atoms with Crippen molar-refractivity contribution in [3.8, 4) is 0 Å². The summed E-state index contributed by atoms with van der Waals surface area (Å²) in [5, 5.41) is 3.91. The molecular formula is C34H44ClF2N3O2. The van der Waals surface area contributed by atoms with Gasteiger partial charge in [-0.2, -0.15) is 0 Å². The summed E-state index contributed by atoms with van der Waals surface area (Å²) >= 11 is 6.66. The average molecular weight is 600 g/mol. The van der Waals surface area contributed by atoms with Crippen molar-refractivity contribution in [1.82, 2.24) is 15.1 Å². The number of fused-ring (bicyclic) bond motifs is 2. The van der Waals surface area contributed by atoms with Crippen molar-refractivity contribution in [3.05, 3.63) is 69.2 Å². The number of hydrogen-bond acceptors (Lipinski definition) is 3. The van der Waals surface area contributed by atoms with Crippen molar-refractivity contribution >= 4 is 23.4 Å². The van der Waals surface area contributed by atoms with Gasteiger partial charge in [-0.25, -0.2) is 8.78 Å². The molecule has 2 saturated heterocycles. The van der Waals surface area contributed by atoms with E-state index >= 15 is 0 Å². The fourth-order valence-corrected chi connectivity index (χ4v) is 7.99. The van der Waals surface area contributed by atoms with E-state index in [1.165, 1.54) is 23.3 Å². The third-order valence-corrected chi connectivity index (χ3v) is 10.6. The molecule has 2 fully saturated rings. The Hall–Kier alpha value is -2.51. The van der Waals surface area contributed by atoms with Crippen LogP contribution in [0.5, 0.6) is 0 Å². The number of carbonyl (C=O) groups is 2. The van der Waals surface area contributed by atoms with Crippen LogP contribution in [0.2, 0.25) is 5.02 Å². The van der Waals surface area contributed by atoms with Gasteiger partial charge in [0.15, 0.2) is 0 Å². The first kappa shape index (κ1) is 30.9. The second kappa shape index (κ2) is 10.9. The molecule has 3 aliphatic rings. The fraction of sp³-hybridized carbons (Fsp3) is 0.588. The number of benzene rings is 2. The lowest BCUT2D eigenvalue weighted by atomic mass is 9.71. The van der Waals surface area contributed by atoms with Crippen LogP contribution in [0.1, 0.15) is 94.9 Å². The summed E-state index contributed by atoms with van der Waals surface area (Å²) in [6.07, 6.45) is 2.47. The van der Waals surface area contributed by atoms with Gasteiger partial charge in [0.25, 0.3) is 0 Å². The van der Waals surface area contributed by atoms with Gasteiger partial charge in [-0.05, 0) is 101 Å². The number of aryl methyl sites for hydroxylation is 1. The number of hydrogen-bond donors (Lipinski definition) is 1. The van der Waals surface area contributed by atoms with Crippen molar-refractivity contribution in [3.63, 3.8) is 0 Å². The molecule has 2 aromatic carbocycles. The molecule has 1 N–H and O–H groups in total.